The Labute approximate surface area is 206 Å². The van der Waals surface area contributed by atoms with Crippen LogP contribution < -0.4 is 10.2 Å². The van der Waals surface area contributed by atoms with Crippen LogP contribution in [0.5, 0.6) is 0 Å². The number of halogens is 1. The molecule has 3 aromatic rings. The summed E-state index contributed by atoms with van der Waals surface area (Å²) in [4.78, 5) is 39.1. The third kappa shape index (κ3) is 4.50. The number of amides is 2. The third-order valence-electron chi connectivity index (χ3n) is 5.58. The van der Waals surface area contributed by atoms with Gasteiger partial charge in [-0.3, -0.25) is 14.9 Å². The van der Waals surface area contributed by atoms with Gasteiger partial charge in [0.15, 0.2) is 5.11 Å². The molecule has 7 nitrogen and oxygen atoms in total. The number of aromatic nitrogens is 1. The van der Waals surface area contributed by atoms with Gasteiger partial charge in [-0.1, -0.05) is 18.2 Å². The van der Waals surface area contributed by atoms with E-state index in [4.69, 9.17) is 17.0 Å². The molecule has 35 heavy (non-hydrogen) atoms. The first-order valence-corrected chi connectivity index (χ1v) is 11.3. The van der Waals surface area contributed by atoms with Crippen molar-refractivity contribution in [3.05, 3.63) is 88.5 Å². The zero-order valence-corrected chi connectivity index (χ0v) is 20.1. The molecule has 1 aliphatic heterocycles. The first-order valence-electron chi connectivity index (χ1n) is 10.9. The fourth-order valence-electron chi connectivity index (χ4n) is 3.98. The summed E-state index contributed by atoms with van der Waals surface area (Å²) >= 11 is 5.14. The number of benzene rings is 2. The summed E-state index contributed by atoms with van der Waals surface area (Å²) in [6, 6.07) is 14.5. The number of nitrogens with one attached hydrogen (secondary N) is 1. The summed E-state index contributed by atoms with van der Waals surface area (Å²) in [7, 11) is 0. The Bertz CT molecular complexity index is 1410. The van der Waals surface area contributed by atoms with Crippen molar-refractivity contribution < 1.29 is 23.5 Å². The highest BCUT2D eigenvalue weighted by molar-refractivity contribution is 7.80. The minimum Gasteiger partial charge on any atom is -0.462 e. The van der Waals surface area contributed by atoms with E-state index >= 15 is 0 Å². The average Bonchev–Trinajstić information content (AvgIpc) is 3.10. The summed E-state index contributed by atoms with van der Waals surface area (Å²) < 4.78 is 21.4. The van der Waals surface area contributed by atoms with E-state index < -0.39 is 23.6 Å². The molecule has 4 rings (SSSR count). The van der Waals surface area contributed by atoms with E-state index in [9.17, 15) is 18.8 Å². The van der Waals surface area contributed by atoms with Gasteiger partial charge in [0.05, 0.1) is 17.9 Å². The van der Waals surface area contributed by atoms with Crippen LogP contribution in [0, 0.1) is 19.7 Å². The van der Waals surface area contributed by atoms with Gasteiger partial charge >= 0.3 is 5.97 Å². The number of esters is 1. The highest BCUT2D eigenvalue weighted by Gasteiger charge is 2.35. The summed E-state index contributed by atoms with van der Waals surface area (Å²) in [5, 5.41) is 2.27. The lowest BCUT2D eigenvalue weighted by molar-refractivity contribution is -0.122. The summed E-state index contributed by atoms with van der Waals surface area (Å²) in [6.45, 7) is 5.72. The summed E-state index contributed by atoms with van der Waals surface area (Å²) in [5.74, 6) is -2.45. The molecule has 1 saturated heterocycles. The Morgan fingerprint density at radius 1 is 1.11 bits per heavy atom. The number of rotatable bonds is 5. The maximum absolute atomic E-state index is 14.4. The molecule has 0 atom stereocenters. The highest BCUT2D eigenvalue weighted by Crippen LogP contribution is 2.27. The fourth-order valence-corrected chi connectivity index (χ4v) is 4.26. The average molecular weight is 492 g/mol. The number of hydrogen-bond acceptors (Lipinski definition) is 5. The van der Waals surface area contributed by atoms with Crippen LogP contribution in [0.25, 0.3) is 11.8 Å². The van der Waals surface area contributed by atoms with Crippen LogP contribution in [0.2, 0.25) is 0 Å². The van der Waals surface area contributed by atoms with Crippen LogP contribution in [0.4, 0.5) is 10.1 Å². The highest BCUT2D eigenvalue weighted by atomic mass is 32.1. The minimum atomic E-state index is -0.724. The molecular formula is C26H22FN3O4S. The second-order valence-electron chi connectivity index (χ2n) is 7.84. The summed E-state index contributed by atoms with van der Waals surface area (Å²) in [5.41, 5.74) is 3.08. The van der Waals surface area contributed by atoms with Gasteiger partial charge in [-0.25, -0.2) is 14.1 Å². The molecule has 1 fully saturated rings. The molecule has 0 saturated carbocycles. The predicted molar refractivity (Wildman–Crippen MR) is 134 cm³/mol. The van der Waals surface area contributed by atoms with E-state index in [-0.39, 0.29) is 23.0 Å². The molecule has 2 heterocycles. The van der Waals surface area contributed by atoms with Gasteiger partial charge in [-0.2, -0.15) is 0 Å². The van der Waals surface area contributed by atoms with E-state index in [0.29, 0.717) is 11.1 Å². The molecule has 1 aromatic heterocycles. The largest absolute Gasteiger partial charge is 0.462 e. The monoisotopic (exact) mass is 491 g/mol. The maximum Gasteiger partial charge on any atom is 0.338 e. The van der Waals surface area contributed by atoms with Crippen LogP contribution in [0.15, 0.2) is 60.2 Å². The number of hydrogen-bond donors (Lipinski definition) is 1. The molecule has 178 valence electrons. The lowest BCUT2D eigenvalue weighted by Gasteiger charge is -2.29. The van der Waals surface area contributed by atoms with E-state index in [1.54, 1.807) is 31.2 Å². The standard InChI is InChI=1S/C26H22FN3O4S/c1-4-34-25(33)17-8-7-9-19(13-17)29-15(2)12-18(16(29)3)14-20-23(31)28-26(35)30(24(20)32)22-11-6-5-10-21(22)27/h5-14H,4H2,1-3H3,(H,28,31,35)/b20-14+. The predicted octanol–water partition coefficient (Wildman–Crippen LogP) is 4.24. The Hall–Kier alpha value is -4.11. The van der Waals surface area contributed by atoms with Crippen LogP contribution in [-0.2, 0) is 14.3 Å². The van der Waals surface area contributed by atoms with Crippen molar-refractivity contribution in [3.8, 4) is 5.69 Å². The van der Waals surface area contributed by atoms with Crippen LogP contribution in [-0.4, -0.2) is 34.1 Å². The van der Waals surface area contributed by atoms with E-state index in [0.717, 1.165) is 22.0 Å². The molecule has 9 heteroatoms. The van der Waals surface area contributed by atoms with Crippen molar-refractivity contribution in [3.63, 3.8) is 0 Å². The topological polar surface area (TPSA) is 80.6 Å². The zero-order valence-electron chi connectivity index (χ0n) is 19.3. The number of carbonyl (C=O) groups is 3. The fraction of sp³-hybridized carbons (Fsp3) is 0.154. The Kier molecular flexibility index (Phi) is 6.61. The lowest BCUT2D eigenvalue weighted by atomic mass is 10.1. The molecule has 0 unspecified atom stereocenters. The Morgan fingerprint density at radius 3 is 2.57 bits per heavy atom. The van der Waals surface area contributed by atoms with Gasteiger partial charge in [0.2, 0.25) is 0 Å². The van der Waals surface area contributed by atoms with Crippen LogP contribution in [0.3, 0.4) is 0 Å². The molecule has 0 bridgehead atoms. The second kappa shape index (κ2) is 9.63. The van der Waals surface area contributed by atoms with Crippen molar-refractivity contribution in [1.82, 2.24) is 9.88 Å². The molecule has 2 amide bonds. The SMILES string of the molecule is CCOC(=O)c1cccc(-n2c(C)cc(/C=C3\C(=O)NC(=S)N(c4ccccc4F)C3=O)c2C)c1. The smallest absolute Gasteiger partial charge is 0.338 e. The number of nitrogens with zero attached hydrogens (tertiary/aromatic N) is 2. The third-order valence-corrected chi connectivity index (χ3v) is 5.87. The van der Waals surface area contributed by atoms with Crippen LogP contribution >= 0.6 is 12.2 Å². The number of thiocarbonyl (C=S) groups is 1. The normalized spacial score (nSPS) is 14.9. The van der Waals surface area contributed by atoms with Gasteiger partial charge in [0.1, 0.15) is 11.4 Å². The van der Waals surface area contributed by atoms with Gasteiger partial charge < -0.3 is 9.30 Å². The van der Waals surface area contributed by atoms with E-state index in [1.807, 2.05) is 30.5 Å². The first-order chi connectivity index (χ1) is 16.7. The molecule has 0 radical (unpaired) electrons. The number of para-hydroxylation sites is 1. The van der Waals surface area contributed by atoms with E-state index in [2.05, 4.69) is 5.32 Å². The van der Waals surface area contributed by atoms with Gasteiger partial charge in [0, 0.05) is 17.1 Å². The van der Waals surface area contributed by atoms with Crippen molar-refractivity contribution in [2.24, 2.45) is 0 Å². The number of aryl methyl sites for hydroxylation is 1. The molecule has 1 aliphatic rings. The molecule has 0 aliphatic carbocycles. The Balaban J connectivity index is 1.75. The quantitative estimate of drug-likeness (QED) is 0.250. The number of ether oxygens (including phenoxy) is 1. The van der Waals surface area contributed by atoms with Gasteiger partial charge in [-0.15, -0.1) is 0 Å². The van der Waals surface area contributed by atoms with Gasteiger partial charge in [-0.05, 0) is 81.0 Å². The number of carbonyl (C=O) groups excluding carboxylic acids is 3. The Morgan fingerprint density at radius 2 is 1.86 bits per heavy atom. The maximum atomic E-state index is 14.4. The van der Waals surface area contributed by atoms with E-state index in [1.165, 1.54) is 24.3 Å². The molecule has 1 N–H and O–H groups in total. The lowest BCUT2D eigenvalue weighted by Crippen LogP contribution is -2.54. The zero-order chi connectivity index (χ0) is 25.3. The summed E-state index contributed by atoms with van der Waals surface area (Å²) in [6.07, 6.45) is 1.46. The van der Waals surface area contributed by atoms with Crippen molar-refractivity contribution >= 4 is 46.9 Å². The first kappa shape index (κ1) is 24.0. The van der Waals surface area contributed by atoms with Crippen LogP contribution in [0.1, 0.15) is 34.2 Å². The van der Waals surface area contributed by atoms with Crippen molar-refractivity contribution in [1.29, 1.82) is 0 Å². The molecule has 2 aromatic carbocycles. The second-order valence-corrected chi connectivity index (χ2v) is 8.23. The van der Waals surface area contributed by atoms with Crippen molar-refractivity contribution in [2.45, 2.75) is 20.8 Å². The number of anilines is 1. The molecular weight excluding hydrogens is 469 g/mol. The molecule has 0 spiro atoms. The minimum absolute atomic E-state index is 0.0466. The van der Waals surface area contributed by atoms with Crippen molar-refractivity contribution in [2.75, 3.05) is 11.5 Å². The van der Waals surface area contributed by atoms with Gasteiger partial charge in [0.25, 0.3) is 11.8 Å².